The molecule has 0 unspecified atom stereocenters. The molecular weight excluding hydrogens is 176 g/mol. The fourth-order valence-corrected chi connectivity index (χ4v) is 1.47. The van der Waals surface area contributed by atoms with Gasteiger partial charge < -0.3 is 9.84 Å². The quantitative estimate of drug-likeness (QED) is 0.729. The van der Waals surface area contributed by atoms with Crippen LogP contribution in [0.4, 0.5) is 0 Å². The van der Waals surface area contributed by atoms with Gasteiger partial charge in [-0.1, -0.05) is 6.07 Å². The van der Waals surface area contributed by atoms with Crippen molar-refractivity contribution in [1.82, 2.24) is 0 Å². The molecule has 0 aliphatic rings. The summed E-state index contributed by atoms with van der Waals surface area (Å²) in [6.45, 7) is 2.39. The maximum absolute atomic E-state index is 8.69. The Morgan fingerprint density at radius 1 is 1.29 bits per heavy atom. The molecule has 1 N–H and O–H groups in total. The molecule has 14 heavy (non-hydrogen) atoms. The van der Waals surface area contributed by atoms with E-state index in [0.29, 0.717) is 0 Å². The van der Waals surface area contributed by atoms with E-state index in [4.69, 9.17) is 9.84 Å². The van der Waals surface area contributed by atoms with Crippen molar-refractivity contribution in [2.75, 3.05) is 13.7 Å². The molecule has 0 spiro atoms. The maximum Gasteiger partial charge on any atom is 0.119 e. The van der Waals surface area contributed by atoms with Crippen molar-refractivity contribution in [3.63, 3.8) is 0 Å². The van der Waals surface area contributed by atoms with Gasteiger partial charge in [0.1, 0.15) is 5.75 Å². The Balaban J connectivity index is 2.64. The van der Waals surface area contributed by atoms with Crippen molar-refractivity contribution < 1.29 is 9.84 Å². The zero-order valence-electron chi connectivity index (χ0n) is 8.92. The highest BCUT2D eigenvalue weighted by atomic mass is 16.5. The molecule has 0 atom stereocenters. The van der Waals surface area contributed by atoms with Gasteiger partial charge in [0.25, 0.3) is 0 Å². The van der Waals surface area contributed by atoms with Gasteiger partial charge in [0.05, 0.1) is 7.11 Å². The smallest absolute Gasteiger partial charge is 0.119 e. The number of rotatable bonds is 5. The predicted octanol–water partition coefficient (Wildman–Crippen LogP) is 2.32. The van der Waals surface area contributed by atoms with Crippen LogP contribution < -0.4 is 4.74 Å². The molecule has 1 rings (SSSR count). The molecular formula is C12H18O2. The number of aryl methyl sites for hydroxylation is 2. The van der Waals surface area contributed by atoms with Crippen LogP contribution in [0.3, 0.4) is 0 Å². The number of hydrogen-bond donors (Lipinski definition) is 1. The Labute approximate surface area is 85.5 Å². The van der Waals surface area contributed by atoms with Crippen LogP contribution in [0.2, 0.25) is 0 Å². The van der Waals surface area contributed by atoms with E-state index >= 15 is 0 Å². The van der Waals surface area contributed by atoms with E-state index in [-0.39, 0.29) is 6.61 Å². The van der Waals surface area contributed by atoms with E-state index < -0.39 is 0 Å². The summed E-state index contributed by atoms with van der Waals surface area (Å²) in [5, 5.41) is 8.69. The fraction of sp³-hybridized carbons (Fsp3) is 0.500. The highest BCUT2D eigenvalue weighted by molar-refractivity contribution is 5.34. The van der Waals surface area contributed by atoms with E-state index in [1.807, 2.05) is 6.07 Å². The molecule has 0 aliphatic heterocycles. The highest BCUT2D eigenvalue weighted by Gasteiger charge is 2.00. The van der Waals surface area contributed by atoms with Gasteiger partial charge >= 0.3 is 0 Å². The Hall–Kier alpha value is -1.02. The molecule has 0 saturated heterocycles. The second-order valence-corrected chi connectivity index (χ2v) is 3.47. The first-order chi connectivity index (χ1) is 6.77. The number of aliphatic hydroxyl groups excluding tert-OH is 1. The van der Waals surface area contributed by atoms with Crippen LogP contribution >= 0.6 is 0 Å². The molecule has 0 aliphatic carbocycles. The number of unbranched alkanes of at least 4 members (excludes halogenated alkanes) is 1. The first kappa shape index (κ1) is 11.1. The minimum atomic E-state index is 0.281. The average Bonchev–Trinajstić information content (AvgIpc) is 2.21. The number of ether oxygens (including phenoxy) is 1. The lowest BCUT2D eigenvalue weighted by atomic mass is 10.0. The molecule has 1 aromatic carbocycles. The summed E-state index contributed by atoms with van der Waals surface area (Å²) in [6.07, 6.45) is 2.92. The van der Waals surface area contributed by atoms with Gasteiger partial charge in [0, 0.05) is 6.61 Å². The third kappa shape index (κ3) is 3.04. The fourth-order valence-electron chi connectivity index (χ4n) is 1.47. The molecule has 0 bridgehead atoms. The molecule has 78 valence electrons. The van der Waals surface area contributed by atoms with E-state index in [2.05, 4.69) is 19.1 Å². The van der Waals surface area contributed by atoms with Crippen LogP contribution in [-0.2, 0) is 6.42 Å². The first-order valence-electron chi connectivity index (χ1n) is 5.02. The molecule has 0 radical (unpaired) electrons. The summed E-state index contributed by atoms with van der Waals surface area (Å²) in [5.41, 5.74) is 2.61. The number of hydrogen-bond acceptors (Lipinski definition) is 2. The second kappa shape index (κ2) is 5.66. The summed E-state index contributed by atoms with van der Waals surface area (Å²) < 4.78 is 5.17. The SMILES string of the molecule is COc1ccc(C)c(CCCCO)c1. The Morgan fingerprint density at radius 3 is 2.71 bits per heavy atom. The van der Waals surface area contributed by atoms with Gasteiger partial charge in [-0.15, -0.1) is 0 Å². The highest BCUT2D eigenvalue weighted by Crippen LogP contribution is 2.18. The van der Waals surface area contributed by atoms with Gasteiger partial charge in [0.2, 0.25) is 0 Å². The topological polar surface area (TPSA) is 29.5 Å². The summed E-state index contributed by atoms with van der Waals surface area (Å²) in [4.78, 5) is 0. The standard InChI is InChI=1S/C12H18O2/c1-10-6-7-12(14-2)9-11(10)5-3-4-8-13/h6-7,9,13H,3-5,8H2,1-2H3. The third-order valence-corrected chi connectivity index (χ3v) is 2.41. The monoisotopic (exact) mass is 194 g/mol. The second-order valence-electron chi connectivity index (χ2n) is 3.47. The molecule has 1 aromatic rings. The molecule has 0 fully saturated rings. The normalized spacial score (nSPS) is 10.2. The van der Waals surface area contributed by atoms with Gasteiger partial charge in [-0.05, 0) is 49.4 Å². The Morgan fingerprint density at radius 2 is 2.07 bits per heavy atom. The largest absolute Gasteiger partial charge is 0.497 e. The lowest BCUT2D eigenvalue weighted by Gasteiger charge is -2.07. The lowest BCUT2D eigenvalue weighted by molar-refractivity contribution is 0.284. The number of methoxy groups -OCH3 is 1. The minimum Gasteiger partial charge on any atom is -0.497 e. The van der Waals surface area contributed by atoms with Crippen LogP contribution in [-0.4, -0.2) is 18.8 Å². The van der Waals surface area contributed by atoms with Crippen molar-refractivity contribution >= 4 is 0 Å². The summed E-state index contributed by atoms with van der Waals surface area (Å²) in [7, 11) is 1.68. The van der Waals surface area contributed by atoms with E-state index in [1.54, 1.807) is 7.11 Å². The van der Waals surface area contributed by atoms with Crippen molar-refractivity contribution in [3.8, 4) is 5.75 Å². The molecule has 2 heteroatoms. The minimum absolute atomic E-state index is 0.281. The van der Waals surface area contributed by atoms with Gasteiger partial charge in [0.15, 0.2) is 0 Å². The van der Waals surface area contributed by atoms with Crippen molar-refractivity contribution in [3.05, 3.63) is 29.3 Å². The zero-order chi connectivity index (χ0) is 10.4. The zero-order valence-corrected chi connectivity index (χ0v) is 8.92. The first-order valence-corrected chi connectivity index (χ1v) is 5.02. The third-order valence-electron chi connectivity index (χ3n) is 2.41. The summed E-state index contributed by atoms with van der Waals surface area (Å²) in [6, 6.07) is 6.13. The lowest BCUT2D eigenvalue weighted by Crippen LogP contribution is -1.93. The van der Waals surface area contributed by atoms with Gasteiger partial charge in [-0.3, -0.25) is 0 Å². The predicted molar refractivity (Wildman–Crippen MR) is 57.8 cm³/mol. The maximum atomic E-state index is 8.69. The van der Waals surface area contributed by atoms with E-state index in [1.165, 1.54) is 11.1 Å². The van der Waals surface area contributed by atoms with E-state index in [9.17, 15) is 0 Å². The molecule has 0 saturated carbocycles. The van der Waals surface area contributed by atoms with Crippen molar-refractivity contribution in [2.45, 2.75) is 26.2 Å². The Bertz CT molecular complexity index is 282. The van der Waals surface area contributed by atoms with Gasteiger partial charge in [-0.25, -0.2) is 0 Å². The molecule has 2 nitrogen and oxygen atoms in total. The van der Waals surface area contributed by atoms with Crippen LogP contribution in [0.5, 0.6) is 5.75 Å². The van der Waals surface area contributed by atoms with Crippen LogP contribution in [0.25, 0.3) is 0 Å². The van der Waals surface area contributed by atoms with Crippen LogP contribution in [0, 0.1) is 6.92 Å². The molecule has 0 heterocycles. The number of aliphatic hydroxyl groups is 1. The van der Waals surface area contributed by atoms with Crippen LogP contribution in [0.1, 0.15) is 24.0 Å². The van der Waals surface area contributed by atoms with Gasteiger partial charge in [-0.2, -0.15) is 0 Å². The number of benzene rings is 1. The molecule has 0 amide bonds. The van der Waals surface area contributed by atoms with Crippen molar-refractivity contribution in [2.24, 2.45) is 0 Å². The van der Waals surface area contributed by atoms with Crippen molar-refractivity contribution in [1.29, 1.82) is 0 Å². The van der Waals surface area contributed by atoms with E-state index in [0.717, 1.165) is 25.0 Å². The van der Waals surface area contributed by atoms with Crippen LogP contribution in [0.15, 0.2) is 18.2 Å². The summed E-state index contributed by atoms with van der Waals surface area (Å²) >= 11 is 0. The average molecular weight is 194 g/mol. The summed E-state index contributed by atoms with van der Waals surface area (Å²) in [5.74, 6) is 0.912. The Kier molecular flexibility index (Phi) is 4.47. The molecule has 0 aromatic heterocycles.